The summed E-state index contributed by atoms with van der Waals surface area (Å²) < 4.78 is 16.0. The van der Waals surface area contributed by atoms with E-state index in [-0.39, 0.29) is 35.3 Å². The van der Waals surface area contributed by atoms with Crippen LogP contribution in [0.25, 0.3) is 5.69 Å². The zero-order valence-corrected chi connectivity index (χ0v) is 23.3. The first-order valence-corrected chi connectivity index (χ1v) is 13.7. The molecule has 0 fully saturated rings. The lowest BCUT2D eigenvalue weighted by Gasteiger charge is -2.25. The molecular weight excluding hydrogens is 511 g/mol. The molecular formula is C28H32ClFN4O2S. The Balaban J connectivity index is 1.99. The van der Waals surface area contributed by atoms with Gasteiger partial charge in [0.15, 0.2) is 0 Å². The summed E-state index contributed by atoms with van der Waals surface area (Å²) >= 11 is 8.12. The van der Waals surface area contributed by atoms with E-state index < -0.39 is 11.2 Å². The van der Waals surface area contributed by atoms with Gasteiger partial charge in [0.1, 0.15) is 18.2 Å². The minimum atomic E-state index is -0.419. The number of anilines is 1. The summed E-state index contributed by atoms with van der Waals surface area (Å²) in [6, 6.07) is 13.6. The Morgan fingerprint density at radius 3 is 2.59 bits per heavy atom. The predicted octanol–water partition coefficient (Wildman–Crippen LogP) is 5.90. The first-order valence-electron chi connectivity index (χ1n) is 12.3. The van der Waals surface area contributed by atoms with Crippen LogP contribution in [-0.2, 0) is 15.0 Å². The fourth-order valence-corrected chi connectivity index (χ4v) is 5.86. The van der Waals surface area contributed by atoms with Gasteiger partial charge in [0, 0.05) is 22.5 Å². The number of rotatable bonds is 6. The Kier molecular flexibility index (Phi) is 7.99. The van der Waals surface area contributed by atoms with Crippen molar-refractivity contribution in [3.05, 3.63) is 76.2 Å². The molecule has 0 aliphatic carbocycles. The van der Waals surface area contributed by atoms with Crippen LogP contribution in [0.1, 0.15) is 56.7 Å². The first-order chi connectivity index (χ1) is 17.5. The van der Waals surface area contributed by atoms with E-state index in [1.165, 1.54) is 28.8 Å². The van der Waals surface area contributed by atoms with Crippen molar-refractivity contribution in [1.29, 1.82) is 0 Å². The zero-order chi connectivity index (χ0) is 26.9. The maximum atomic E-state index is 14.4. The minimum Gasteiger partial charge on any atom is -0.354 e. The van der Waals surface area contributed by atoms with E-state index in [0.717, 1.165) is 16.8 Å². The third-order valence-electron chi connectivity index (χ3n) is 6.05. The second kappa shape index (κ2) is 10.9. The number of amides is 2. The summed E-state index contributed by atoms with van der Waals surface area (Å²) in [5.41, 5.74) is 2.47. The molecule has 1 aromatic heterocycles. The zero-order valence-electron chi connectivity index (χ0n) is 21.7. The average Bonchev–Trinajstić information content (AvgIpc) is 3.17. The molecule has 6 nitrogen and oxygen atoms in total. The molecule has 196 valence electrons. The maximum Gasteiger partial charge on any atom is 0.240 e. The number of benzene rings is 2. The van der Waals surface area contributed by atoms with Crippen LogP contribution in [-0.4, -0.2) is 40.4 Å². The standard InChI is InChI=1S/C28H32ClFN4O2S/c1-17(2)14-31-22(35)15-33-23(36)16-37-25(20-11-6-7-12-21(20)29)24-26(28(3,4)5)32-34(27(24)33)19-10-8-9-18(30)13-19/h6-13,17,25H,14-16H2,1-5H3,(H,31,35)/t25-/m0/s1. The number of hydrogen-bond donors (Lipinski definition) is 1. The average molecular weight is 543 g/mol. The number of carbonyl (C=O) groups excluding carboxylic acids is 2. The lowest BCUT2D eigenvalue weighted by Crippen LogP contribution is -2.43. The van der Waals surface area contributed by atoms with Crippen molar-refractivity contribution in [2.24, 2.45) is 5.92 Å². The monoisotopic (exact) mass is 542 g/mol. The summed E-state index contributed by atoms with van der Waals surface area (Å²) in [5.74, 6) is -0.0244. The van der Waals surface area contributed by atoms with E-state index in [0.29, 0.717) is 23.1 Å². The van der Waals surface area contributed by atoms with Gasteiger partial charge in [-0.15, -0.1) is 11.8 Å². The lowest BCUT2D eigenvalue weighted by atomic mass is 9.87. The molecule has 9 heteroatoms. The van der Waals surface area contributed by atoms with Crippen LogP contribution in [0.2, 0.25) is 5.02 Å². The molecule has 0 unspecified atom stereocenters. The topological polar surface area (TPSA) is 67.2 Å². The van der Waals surface area contributed by atoms with Crippen molar-refractivity contribution < 1.29 is 14.0 Å². The van der Waals surface area contributed by atoms with E-state index >= 15 is 0 Å². The molecule has 0 saturated carbocycles. The summed E-state index contributed by atoms with van der Waals surface area (Å²) in [5, 5.41) is 8.13. The van der Waals surface area contributed by atoms with Gasteiger partial charge in [0.05, 0.1) is 22.4 Å². The highest BCUT2D eigenvalue weighted by atomic mass is 35.5. The van der Waals surface area contributed by atoms with Crippen molar-refractivity contribution >= 4 is 41.0 Å². The Bertz CT molecular complexity index is 1320. The van der Waals surface area contributed by atoms with Gasteiger partial charge in [-0.2, -0.15) is 5.10 Å². The van der Waals surface area contributed by atoms with Crippen molar-refractivity contribution in [2.75, 3.05) is 23.7 Å². The highest BCUT2D eigenvalue weighted by Crippen LogP contribution is 2.49. The maximum absolute atomic E-state index is 14.4. The molecule has 0 spiro atoms. The Hall–Kier alpha value is -2.84. The van der Waals surface area contributed by atoms with E-state index in [1.54, 1.807) is 16.8 Å². The van der Waals surface area contributed by atoms with Crippen LogP contribution < -0.4 is 10.2 Å². The fourth-order valence-electron chi connectivity index (χ4n) is 4.31. The minimum absolute atomic E-state index is 0.148. The third-order valence-corrected chi connectivity index (χ3v) is 7.63. The van der Waals surface area contributed by atoms with Gasteiger partial charge in [-0.1, -0.05) is 70.5 Å². The molecule has 0 saturated heterocycles. The van der Waals surface area contributed by atoms with E-state index in [1.807, 2.05) is 58.9 Å². The number of halogens is 2. The number of thioether (sulfide) groups is 1. The van der Waals surface area contributed by atoms with Gasteiger partial charge in [-0.05, 0) is 35.7 Å². The molecule has 0 radical (unpaired) electrons. The Labute approximate surface area is 226 Å². The van der Waals surface area contributed by atoms with Crippen molar-refractivity contribution in [3.63, 3.8) is 0 Å². The van der Waals surface area contributed by atoms with Crippen LogP contribution in [0.5, 0.6) is 0 Å². The highest BCUT2D eigenvalue weighted by Gasteiger charge is 2.40. The molecule has 1 aliphatic rings. The number of hydrogen-bond acceptors (Lipinski definition) is 4. The van der Waals surface area contributed by atoms with Gasteiger partial charge in [-0.3, -0.25) is 14.5 Å². The molecule has 1 N–H and O–H groups in total. The van der Waals surface area contributed by atoms with Crippen molar-refractivity contribution in [3.8, 4) is 5.69 Å². The van der Waals surface area contributed by atoms with Crippen LogP contribution in [0.3, 0.4) is 0 Å². The molecule has 4 rings (SSSR count). The normalized spacial score (nSPS) is 16.1. The van der Waals surface area contributed by atoms with Crippen molar-refractivity contribution in [2.45, 2.75) is 45.3 Å². The quantitative estimate of drug-likeness (QED) is 0.421. The number of carbonyl (C=O) groups is 2. The third kappa shape index (κ3) is 5.85. The Morgan fingerprint density at radius 1 is 1.22 bits per heavy atom. The Morgan fingerprint density at radius 2 is 1.95 bits per heavy atom. The molecule has 2 heterocycles. The number of nitrogens with zero attached hydrogens (tertiary/aromatic N) is 3. The smallest absolute Gasteiger partial charge is 0.240 e. The van der Waals surface area contributed by atoms with Crippen molar-refractivity contribution in [1.82, 2.24) is 15.1 Å². The van der Waals surface area contributed by atoms with Gasteiger partial charge in [-0.25, -0.2) is 9.07 Å². The van der Waals surface area contributed by atoms with E-state index in [9.17, 15) is 14.0 Å². The molecule has 3 aromatic rings. The second-order valence-electron chi connectivity index (χ2n) is 10.6. The number of aromatic nitrogens is 2. The summed E-state index contributed by atoms with van der Waals surface area (Å²) in [4.78, 5) is 28.1. The number of nitrogens with one attached hydrogen (secondary N) is 1. The van der Waals surface area contributed by atoms with E-state index in [2.05, 4.69) is 5.32 Å². The second-order valence-corrected chi connectivity index (χ2v) is 12.1. The molecule has 1 aliphatic heterocycles. The van der Waals surface area contributed by atoms with Crippen LogP contribution in [0.4, 0.5) is 10.2 Å². The van der Waals surface area contributed by atoms with Gasteiger partial charge >= 0.3 is 0 Å². The SMILES string of the molecule is CC(C)CNC(=O)CN1C(=O)CS[C@@H](c2ccccc2Cl)c2c(C(C)(C)C)nn(-c3cccc(F)c3)c21. The molecule has 37 heavy (non-hydrogen) atoms. The summed E-state index contributed by atoms with van der Waals surface area (Å²) in [7, 11) is 0. The molecule has 0 bridgehead atoms. The highest BCUT2D eigenvalue weighted by molar-refractivity contribution is 8.00. The first kappa shape index (κ1) is 27.2. The van der Waals surface area contributed by atoms with Crippen LogP contribution in [0, 0.1) is 11.7 Å². The predicted molar refractivity (Wildman–Crippen MR) is 148 cm³/mol. The summed E-state index contributed by atoms with van der Waals surface area (Å²) in [6.45, 7) is 10.5. The molecule has 1 atom stereocenters. The van der Waals surface area contributed by atoms with Crippen LogP contribution in [0.15, 0.2) is 48.5 Å². The fraction of sp³-hybridized carbons (Fsp3) is 0.393. The van der Waals surface area contributed by atoms with E-state index in [4.69, 9.17) is 16.7 Å². The number of fused-ring (bicyclic) bond motifs is 1. The summed E-state index contributed by atoms with van der Waals surface area (Å²) in [6.07, 6.45) is 0. The molecule has 2 amide bonds. The van der Waals surface area contributed by atoms with Crippen LogP contribution >= 0.6 is 23.4 Å². The van der Waals surface area contributed by atoms with Gasteiger partial charge in [0.25, 0.3) is 0 Å². The molecule has 2 aromatic carbocycles. The van der Waals surface area contributed by atoms with Gasteiger partial charge in [0.2, 0.25) is 11.8 Å². The lowest BCUT2D eigenvalue weighted by molar-refractivity contribution is -0.123. The largest absolute Gasteiger partial charge is 0.354 e. The van der Waals surface area contributed by atoms with Gasteiger partial charge < -0.3 is 5.32 Å².